The molecule has 0 aliphatic heterocycles. The second-order valence-corrected chi connectivity index (χ2v) is 5.69. The third kappa shape index (κ3) is 3.71. The molecule has 1 aliphatic rings. The van der Waals surface area contributed by atoms with Gasteiger partial charge >= 0.3 is 0 Å². The monoisotopic (exact) mass is 280 g/mol. The smallest absolute Gasteiger partial charge is 0.238 e. The first-order valence-electron chi connectivity index (χ1n) is 6.82. The summed E-state index contributed by atoms with van der Waals surface area (Å²) >= 11 is 6.20. The van der Waals surface area contributed by atoms with Crippen LogP contribution in [0.4, 0.5) is 5.69 Å². The average molecular weight is 281 g/mol. The van der Waals surface area contributed by atoms with Crippen LogP contribution in [0.25, 0.3) is 0 Å². The zero-order valence-electron chi connectivity index (χ0n) is 11.8. The highest BCUT2D eigenvalue weighted by Crippen LogP contribution is 2.28. The van der Waals surface area contributed by atoms with Crippen molar-refractivity contribution in [3.05, 3.63) is 28.3 Å². The van der Waals surface area contributed by atoms with E-state index in [1.54, 1.807) is 0 Å². The second-order valence-electron chi connectivity index (χ2n) is 5.28. The van der Waals surface area contributed by atoms with Gasteiger partial charge in [-0.15, -0.1) is 0 Å². The number of carbonyl (C=O) groups excluding carboxylic acids is 1. The molecule has 0 unspecified atom stereocenters. The molecule has 0 aromatic heterocycles. The maximum absolute atomic E-state index is 12.1. The number of amides is 1. The summed E-state index contributed by atoms with van der Waals surface area (Å²) in [6, 6.07) is 4.51. The van der Waals surface area contributed by atoms with E-state index < -0.39 is 0 Å². The van der Waals surface area contributed by atoms with Crippen molar-refractivity contribution in [1.82, 2.24) is 4.90 Å². The van der Waals surface area contributed by atoms with Crippen molar-refractivity contribution in [1.29, 1.82) is 0 Å². The number of rotatable bonds is 5. The Bertz CT molecular complexity index is 460. The van der Waals surface area contributed by atoms with Crippen molar-refractivity contribution in [2.24, 2.45) is 0 Å². The average Bonchev–Trinajstić information content (AvgIpc) is 3.15. The van der Waals surface area contributed by atoms with E-state index in [4.69, 9.17) is 11.6 Å². The third-order valence-corrected chi connectivity index (χ3v) is 3.81. The van der Waals surface area contributed by atoms with Crippen LogP contribution < -0.4 is 5.32 Å². The third-order valence-electron chi connectivity index (χ3n) is 3.51. The molecule has 19 heavy (non-hydrogen) atoms. The topological polar surface area (TPSA) is 32.3 Å². The Labute approximate surface area is 119 Å². The molecule has 1 fully saturated rings. The molecular formula is C15H21ClN2O. The molecule has 0 spiro atoms. The summed E-state index contributed by atoms with van der Waals surface area (Å²) in [5.74, 6) is 0.0163. The van der Waals surface area contributed by atoms with Crippen LogP contribution in [-0.4, -0.2) is 29.9 Å². The lowest BCUT2D eigenvalue weighted by molar-refractivity contribution is -0.117. The molecule has 0 radical (unpaired) electrons. The number of likely N-dealkylation sites (N-methyl/N-ethyl adjacent to an activating group) is 1. The minimum absolute atomic E-state index is 0.0163. The summed E-state index contributed by atoms with van der Waals surface area (Å²) in [7, 11) is 0. The van der Waals surface area contributed by atoms with Crippen LogP contribution in [0.2, 0.25) is 5.02 Å². The van der Waals surface area contributed by atoms with Crippen LogP contribution in [0.3, 0.4) is 0 Å². The first-order valence-corrected chi connectivity index (χ1v) is 7.19. The Hall–Kier alpha value is -1.06. The highest BCUT2D eigenvalue weighted by Gasteiger charge is 2.29. The lowest BCUT2D eigenvalue weighted by Gasteiger charge is -2.20. The van der Waals surface area contributed by atoms with Gasteiger partial charge in [-0.25, -0.2) is 0 Å². The van der Waals surface area contributed by atoms with E-state index >= 15 is 0 Å². The van der Waals surface area contributed by atoms with Gasteiger partial charge in [0, 0.05) is 6.04 Å². The van der Waals surface area contributed by atoms with Gasteiger partial charge in [-0.05, 0) is 50.4 Å². The van der Waals surface area contributed by atoms with Crippen LogP contribution >= 0.6 is 11.6 Å². The van der Waals surface area contributed by atoms with Crippen LogP contribution in [0.1, 0.15) is 30.9 Å². The van der Waals surface area contributed by atoms with E-state index in [-0.39, 0.29) is 5.91 Å². The first kappa shape index (κ1) is 14.4. The number of nitrogens with one attached hydrogen (secondary N) is 1. The van der Waals surface area contributed by atoms with E-state index in [2.05, 4.69) is 17.1 Å². The fraction of sp³-hybridized carbons (Fsp3) is 0.533. The summed E-state index contributed by atoms with van der Waals surface area (Å²) < 4.78 is 0. The Morgan fingerprint density at radius 1 is 1.42 bits per heavy atom. The van der Waals surface area contributed by atoms with E-state index in [1.165, 1.54) is 12.8 Å². The molecule has 1 aliphatic carbocycles. The number of halogens is 1. The van der Waals surface area contributed by atoms with E-state index in [1.807, 2.05) is 26.0 Å². The predicted molar refractivity (Wildman–Crippen MR) is 79.8 cm³/mol. The van der Waals surface area contributed by atoms with E-state index in [0.29, 0.717) is 17.6 Å². The van der Waals surface area contributed by atoms with Gasteiger partial charge < -0.3 is 5.32 Å². The number of carbonyl (C=O) groups is 1. The lowest BCUT2D eigenvalue weighted by atomic mass is 10.1. The SMILES string of the molecule is CCN(CC(=O)Nc1c(C)cc(C)cc1Cl)C1CC1. The number of hydrogen-bond donors (Lipinski definition) is 1. The largest absolute Gasteiger partial charge is 0.323 e. The van der Waals surface area contributed by atoms with E-state index in [0.717, 1.165) is 23.4 Å². The Balaban J connectivity index is 2.02. The Kier molecular flexibility index (Phi) is 4.48. The number of benzene rings is 1. The number of aryl methyl sites for hydroxylation is 2. The minimum atomic E-state index is 0.0163. The van der Waals surface area contributed by atoms with Crippen molar-refractivity contribution in [3.63, 3.8) is 0 Å². The first-order chi connectivity index (χ1) is 9.01. The summed E-state index contributed by atoms with van der Waals surface area (Å²) in [6.45, 7) is 7.42. The molecule has 0 saturated heterocycles. The van der Waals surface area contributed by atoms with Crippen LogP contribution in [-0.2, 0) is 4.79 Å². The summed E-state index contributed by atoms with van der Waals surface area (Å²) in [4.78, 5) is 14.3. The highest BCUT2D eigenvalue weighted by atomic mass is 35.5. The fourth-order valence-corrected chi connectivity index (χ4v) is 2.74. The van der Waals surface area contributed by atoms with Crippen molar-refractivity contribution in [3.8, 4) is 0 Å². The van der Waals surface area contributed by atoms with Crippen molar-refractivity contribution in [2.45, 2.75) is 39.7 Å². The second kappa shape index (κ2) is 5.93. The standard InChI is InChI=1S/C15H21ClN2O/c1-4-18(12-5-6-12)9-14(19)17-15-11(3)7-10(2)8-13(15)16/h7-8,12H,4-6,9H2,1-3H3,(H,17,19). The molecule has 1 aromatic carbocycles. The van der Waals surface area contributed by atoms with Gasteiger partial charge in [-0.2, -0.15) is 0 Å². The van der Waals surface area contributed by atoms with E-state index in [9.17, 15) is 4.79 Å². The minimum Gasteiger partial charge on any atom is -0.323 e. The molecule has 0 atom stereocenters. The van der Waals surface area contributed by atoms with Gasteiger partial charge in [-0.1, -0.05) is 24.6 Å². The molecule has 2 rings (SSSR count). The van der Waals surface area contributed by atoms with Gasteiger partial charge in [0.15, 0.2) is 0 Å². The van der Waals surface area contributed by atoms with Gasteiger partial charge in [0.25, 0.3) is 0 Å². The van der Waals surface area contributed by atoms with Gasteiger partial charge in [-0.3, -0.25) is 9.69 Å². The molecule has 0 heterocycles. The predicted octanol–water partition coefficient (Wildman–Crippen LogP) is 3.38. The Morgan fingerprint density at radius 3 is 2.63 bits per heavy atom. The fourth-order valence-electron chi connectivity index (χ4n) is 2.38. The summed E-state index contributed by atoms with van der Waals surface area (Å²) in [5.41, 5.74) is 2.85. The molecule has 4 heteroatoms. The van der Waals surface area contributed by atoms with Crippen LogP contribution in [0.15, 0.2) is 12.1 Å². The maximum Gasteiger partial charge on any atom is 0.238 e. The molecule has 1 N–H and O–H groups in total. The zero-order chi connectivity index (χ0) is 14.0. The molecule has 0 bridgehead atoms. The molecular weight excluding hydrogens is 260 g/mol. The maximum atomic E-state index is 12.1. The van der Waals surface area contributed by atoms with Gasteiger partial charge in [0.05, 0.1) is 17.3 Å². The molecule has 1 amide bonds. The van der Waals surface area contributed by atoms with Crippen LogP contribution in [0, 0.1) is 13.8 Å². The van der Waals surface area contributed by atoms with Crippen LogP contribution in [0.5, 0.6) is 0 Å². The van der Waals surface area contributed by atoms with Crippen molar-refractivity contribution >= 4 is 23.2 Å². The highest BCUT2D eigenvalue weighted by molar-refractivity contribution is 6.34. The number of nitrogens with zero attached hydrogens (tertiary/aromatic N) is 1. The summed E-state index contributed by atoms with van der Waals surface area (Å²) in [6.07, 6.45) is 2.43. The molecule has 1 aromatic rings. The van der Waals surface area contributed by atoms with Crippen molar-refractivity contribution < 1.29 is 4.79 Å². The van der Waals surface area contributed by atoms with Gasteiger partial charge in [0.1, 0.15) is 0 Å². The van der Waals surface area contributed by atoms with Crippen molar-refractivity contribution in [2.75, 3.05) is 18.4 Å². The quantitative estimate of drug-likeness (QED) is 0.897. The molecule has 1 saturated carbocycles. The molecule has 3 nitrogen and oxygen atoms in total. The number of hydrogen-bond acceptors (Lipinski definition) is 2. The normalized spacial score (nSPS) is 14.8. The summed E-state index contributed by atoms with van der Waals surface area (Å²) in [5, 5.41) is 3.55. The Morgan fingerprint density at radius 2 is 2.11 bits per heavy atom. The lowest BCUT2D eigenvalue weighted by Crippen LogP contribution is -2.34. The zero-order valence-corrected chi connectivity index (χ0v) is 12.5. The van der Waals surface area contributed by atoms with Gasteiger partial charge in [0.2, 0.25) is 5.91 Å². The molecule has 104 valence electrons. The number of anilines is 1.